The second-order valence-corrected chi connectivity index (χ2v) is 14.8. The largest absolute Gasteiger partial charge is 0.395 e. The van der Waals surface area contributed by atoms with Crippen LogP contribution >= 0.6 is 0 Å². The summed E-state index contributed by atoms with van der Waals surface area (Å²) in [6.45, 7) is 7.56. The van der Waals surface area contributed by atoms with Gasteiger partial charge in [-0.05, 0) is 91.9 Å². The Balaban J connectivity index is 1.28. The summed E-state index contributed by atoms with van der Waals surface area (Å²) in [4.78, 5) is 31.8. The third-order valence-corrected chi connectivity index (χ3v) is 10.8. The number of anilines is 1. The first-order valence-electron chi connectivity index (χ1n) is 20.0. The highest BCUT2D eigenvalue weighted by atomic mass is 19.1. The highest BCUT2D eigenvalue weighted by molar-refractivity contribution is 6.04. The molecule has 0 aliphatic carbocycles. The lowest BCUT2D eigenvalue weighted by Crippen LogP contribution is -2.45. The zero-order chi connectivity index (χ0) is 40.8. The van der Waals surface area contributed by atoms with E-state index in [-0.39, 0.29) is 24.2 Å². The molecule has 7 rings (SSSR count). The summed E-state index contributed by atoms with van der Waals surface area (Å²) in [6.07, 6.45) is 3.01. The Morgan fingerprint density at radius 2 is 1.55 bits per heavy atom. The van der Waals surface area contributed by atoms with E-state index in [0.29, 0.717) is 65.8 Å². The van der Waals surface area contributed by atoms with Gasteiger partial charge in [0.25, 0.3) is 11.8 Å². The van der Waals surface area contributed by atoms with Crippen molar-refractivity contribution >= 4 is 17.5 Å². The van der Waals surface area contributed by atoms with Crippen molar-refractivity contribution < 1.29 is 24.2 Å². The maximum Gasteiger partial charge on any atom is 0.274 e. The van der Waals surface area contributed by atoms with Crippen molar-refractivity contribution in [1.82, 2.24) is 29.4 Å². The number of nitrogens with one attached hydrogen (secondary N) is 1. The van der Waals surface area contributed by atoms with Crippen LogP contribution in [0.4, 0.5) is 10.1 Å². The average molecular weight is 784 g/mol. The smallest absolute Gasteiger partial charge is 0.274 e. The van der Waals surface area contributed by atoms with Crippen LogP contribution in [0.5, 0.6) is 0 Å². The highest BCUT2D eigenvalue weighted by Crippen LogP contribution is 2.35. The van der Waals surface area contributed by atoms with E-state index in [1.165, 1.54) is 16.8 Å². The van der Waals surface area contributed by atoms with E-state index in [2.05, 4.69) is 19.2 Å². The summed E-state index contributed by atoms with van der Waals surface area (Å²) in [6, 6.07) is 31.5. The van der Waals surface area contributed by atoms with E-state index in [0.717, 1.165) is 42.4 Å². The second kappa shape index (κ2) is 18.1. The molecule has 3 heterocycles. The first-order chi connectivity index (χ1) is 28.2. The Morgan fingerprint density at radius 1 is 0.862 bits per heavy atom. The number of aliphatic hydroxyl groups is 2. The molecule has 1 aliphatic rings. The van der Waals surface area contributed by atoms with Crippen LogP contribution in [0.3, 0.4) is 0 Å². The number of carbonyl (C=O) groups is 2. The van der Waals surface area contributed by atoms with Crippen molar-refractivity contribution in [2.24, 2.45) is 0 Å². The zero-order valence-corrected chi connectivity index (χ0v) is 33.2. The molecule has 0 saturated carbocycles. The fraction of sp³-hybridized carbons (Fsp3) is 0.304. The van der Waals surface area contributed by atoms with E-state index in [1.54, 1.807) is 47.1 Å². The molecule has 58 heavy (non-hydrogen) atoms. The van der Waals surface area contributed by atoms with Gasteiger partial charge in [0.15, 0.2) is 5.69 Å². The molecule has 2 aromatic heterocycles. The molecular weight excluding hydrogens is 734 g/mol. The van der Waals surface area contributed by atoms with Crippen LogP contribution in [0.2, 0.25) is 0 Å². The summed E-state index contributed by atoms with van der Waals surface area (Å²) < 4.78 is 17.1. The second-order valence-electron chi connectivity index (χ2n) is 14.8. The molecule has 0 fully saturated rings. The lowest BCUT2D eigenvalue weighted by molar-refractivity contribution is -0.0529. The molecule has 4 aromatic carbocycles. The number of aliphatic hydroxyl groups excluding tert-OH is 2. The van der Waals surface area contributed by atoms with E-state index in [9.17, 15) is 24.2 Å². The SMILES string of the molecule is CCCCN(CCCC)C(=O)c1cc(C)n(-c2ccc(NC(=O)c3cc(-c4ccccc4)nn3-c3ccc(F)cc3)cc2C(O)N2Cc3ccccc3CC2CO)n1. The van der Waals surface area contributed by atoms with Gasteiger partial charge >= 0.3 is 0 Å². The number of carbonyl (C=O) groups excluding carboxylic acids is 2. The van der Waals surface area contributed by atoms with Crippen molar-refractivity contribution in [3.8, 4) is 22.6 Å². The van der Waals surface area contributed by atoms with Crippen molar-refractivity contribution in [2.75, 3.05) is 25.0 Å². The summed E-state index contributed by atoms with van der Waals surface area (Å²) in [7, 11) is 0. The third kappa shape index (κ3) is 8.64. The number of amides is 2. The van der Waals surface area contributed by atoms with Crippen molar-refractivity contribution in [1.29, 1.82) is 0 Å². The predicted octanol–water partition coefficient (Wildman–Crippen LogP) is 7.88. The van der Waals surface area contributed by atoms with Gasteiger partial charge in [-0.1, -0.05) is 81.3 Å². The lowest BCUT2D eigenvalue weighted by atomic mass is 9.93. The first kappa shape index (κ1) is 40.3. The Labute approximate surface area is 338 Å². The lowest BCUT2D eigenvalue weighted by Gasteiger charge is -2.39. The van der Waals surface area contributed by atoms with Gasteiger partial charge in [-0.15, -0.1) is 0 Å². The molecule has 0 spiro atoms. The van der Waals surface area contributed by atoms with Crippen LogP contribution in [0, 0.1) is 12.7 Å². The van der Waals surface area contributed by atoms with Gasteiger partial charge in [0, 0.05) is 48.2 Å². The van der Waals surface area contributed by atoms with E-state index < -0.39 is 18.0 Å². The number of fused-ring (bicyclic) bond motifs is 1. The molecule has 2 atom stereocenters. The minimum atomic E-state index is -1.24. The number of unbranched alkanes of at least 4 members (excludes halogenated alkanes) is 2. The number of hydrogen-bond acceptors (Lipinski definition) is 7. The Kier molecular flexibility index (Phi) is 12.6. The fourth-order valence-corrected chi connectivity index (χ4v) is 7.54. The standard InChI is InChI=1S/C46H50FN7O4/c1-4-6-23-51(24-7-5-2)46(58)41-25-31(3)53(50-41)42-22-19-36(27-39(42)45(57)52-29-34-16-12-11-15-33(34)26-38(52)30-55)48-44(56)43-28-40(32-13-9-8-10-14-32)49-54(43)37-20-17-35(47)18-21-37/h8-22,25,27-28,38,45,55,57H,4-7,23-24,26,29-30H2,1-3H3,(H,48,56). The van der Waals surface area contributed by atoms with Crippen molar-refractivity contribution in [3.05, 3.63) is 149 Å². The average Bonchev–Trinajstić information content (AvgIpc) is 3.88. The maximum absolute atomic E-state index is 14.2. The van der Waals surface area contributed by atoms with Crippen LogP contribution in [0.1, 0.15) is 89.1 Å². The number of benzene rings is 4. The minimum Gasteiger partial charge on any atom is -0.395 e. The number of halogens is 1. The van der Waals surface area contributed by atoms with Gasteiger partial charge < -0.3 is 20.4 Å². The van der Waals surface area contributed by atoms with E-state index in [4.69, 9.17) is 10.2 Å². The number of aromatic nitrogens is 4. The third-order valence-electron chi connectivity index (χ3n) is 10.8. The molecule has 0 bridgehead atoms. The van der Waals surface area contributed by atoms with Crippen LogP contribution < -0.4 is 5.32 Å². The van der Waals surface area contributed by atoms with Gasteiger partial charge in [-0.3, -0.25) is 14.5 Å². The van der Waals surface area contributed by atoms with Crippen LogP contribution in [-0.2, 0) is 13.0 Å². The minimum absolute atomic E-state index is 0.143. The predicted molar refractivity (Wildman–Crippen MR) is 222 cm³/mol. The summed E-state index contributed by atoms with van der Waals surface area (Å²) in [5.74, 6) is -1.03. The topological polar surface area (TPSA) is 129 Å². The molecule has 11 nitrogen and oxygen atoms in total. The Bertz CT molecular complexity index is 2350. The molecule has 3 N–H and O–H groups in total. The molecule has 2 amide bonds. The van der Waals surface area contributed by atoms with Gasteiger partial charge in [0.1, 0.15) is 17.7 Å². The monoisotopic (exact) mass is 783 g/mol. The zero-order valence-electron chi connectivity index (χ0n) is 33.2. The number of rotatable bonds is 15. The molecular formula is C46H50FN7O4. The molecule has 2 unspecified atom stereocenters. The normalized spacial score (nSPS) is 14.6. The Morgan fingerprint density at radius 3 is 2.24 bits per heavy atom. The molecule has 0 saturated heterocycles. The summed E-state index contributed by atoms with van der Waals surface area (Å²) >= 11 is 0. The van der Waals surface area contributed by atoms with Crippen LogP contribution in [0.25, 0.3) is 22.6 Å². The molecule has 300 valence electrons. The van der Waals surface area contributed by atoms with Gasteiger partial charge in [0.05, 0.1) is 23.7 Å². The summed E-state index contributed by atoms with van der Waals surface area (Å²) in [5, 5.41) is 35.5. The first-order valence-corrected chi connectivity index (χ1v) is 20.0. The van der Waals surface area contributed by atoms with Gasteiger partial charge in [-0.2, -0.15) is 10.2 Å². The van der Waals surface area contributed by atoms with Gasteiger partial charge in [0.2, 0.25) is 0 Å². The maximum atomic E-state index is 14.2. The van der Waals surface area contributed by atoms with Gasteiger partial charge in [-0.25, -0.2) is 13.8 Å². The number of nitrogens with zero attached hydrogens (tertiary/aromatic N) is 6. The van der Waals surface area contributed by atoms with Crippen LogP contribution in [0.15, 0.2) is 109 Å². The van der Waals surface area contributed by atoms with E-state index in [1.807, 2.05) is 71.3 Å². The molecule has 6 aromatic rings. The number of hydrogen-bond donors (Lipinski definition) is 3. The molecule has 0 radical (unpaired) electrons. The van der Waals surface area contributed by atoms with E-state index >= 15 is 0 Å². The van der Waals surface area contributed by atoms with Crippen molar-refractivity contribution in [3.63, 3.8) is 0 Å². The van der Waals surface area contributed by atoms with Crippen LogP contribution in [-0.4, -0.2) is 77.1 Å². The number of aryl methyl sites for hydroxylation is 1. The fourth-order valence-electron chi connectivity index (χ4n) is 7.54. The quantitative estimate of drug-likeness (QED) is 0.0967. The Hall–Kier alpha value is -5.95. The highest BCUT2D eigenvalue weighted by Gasteiger charge is 2.33. The molecule has 1 aliphatic heterocycles. The van der Waals surface area contributed by atoms with Crippen molar-refractivity contribution in [2.45, 2.75) is 71.7 Å². The summed E-state index contributed by atoms with van der Waals surface area (Å²) in [5.41, 5.74) is 6.58. The molecule has 12 heteroatoms.